The van der Waals surface area contributed by atoms with Crippen molar-refractivity contribution in [2.24, 2.45) is 0 Å². The van der Waals surface area contributed by atoms with Crippen molar-refractivity contribution in [3.05, 3.63) is 0 Å². The summed E-state index contributed by atoms with van der Waals surface area (Å²) in [5.41, 5.74) is 0. The van der Waals surface area contributed by atoms with Gasteiger partial charge in [-0.3, -0.25) is 4.79 Å². The highest BCUT2D eigenvalue weighted by Crippen LogP contribution is 2.13. The van der Waals surface area contributed by atoms with Crippen molar-refractivity contribution in [3.63, 3.8) is 0 Å². The van der Waals surface area contributed by atoms with Gasteiger partial charge in [-0.2, -0.15) is 0 Å². The maximum absolute atomic E-state index is 11.9. The summed E-state index contributed by atoms with van der Waals surface area (Å²) in [4.78, 5) is 35.2. The van der Waals surface area contributed by atoms with E-state index in [1.54, 1.807) is 11.8 Å². The molecular formula is C12H21N3O5. The van der Waals surface area contributed by atoms with Gasteiger partial charge in [0.05, 0.1) is 6.10 Å². The van der Waals surface area contributed by atoms with Crippen molar-refractivity contribution in [1.29, 1.82) is 0 Å². The fraction of sp³-hybridized carbons (Fsp3) is 0.750. The van der Waals surface area contributed by atoms with E-state index in [4.69, 9.17) is 9.84 Å². The summed E-state index contributed by atoms with van der Waals surface area (Å²) in [6, 6.07) is -0.883. The molecule has 0 bridgehead atoms. The van der Waals surface area contributed by atoms with Crippen LogP contribution >= 0.6 is 0 Å². The fourth-order valence-corrected chi connectivity index (χ4v) is 1.97. The number of carbonyl (C=O) groups is 3. The largest absolute Gasteiger partial charge is 0.480 e. The highest BCUT2D eigenvalue weighted by molar-refractivity contribution is 5.86. The maximum Gasteiger partial charge on any atom is 0.329 e. The molecule has 1 aliphatic heterocycles. The number of hydrogen-bond acceptors (Lipinski definition) is 4. The van der Waals surface area contributed by atoms with E-state index >= 15 is 0 Å². The molecule has 0 saturated carbocycles. The second kappa shape index (κ2) is 7.68. The van der Waals surface area contributed by atoms with Gasteiger partial charge >= 0.3 is 12.0 Å². The second-order valence-corrected chi connectivity index (χ2v) is 4.68. The lowest BCUT2D eigenvalue weighted by molar-refractivity contribution is -0.145. The standard InChI is InChI=1S/C12H21N3O5/c1-8(11(18)13-2)14-12(19)15-5-3-9(4-6-15)20-7-10(16)17/h8-9H,3-7H2,1-2H3,(H,13,18)(H,14,19)(H,16,17). The molecule has 0 aromatic rings. The molecule has 1 fully saturated rings. The van der Waals surface area contributed by atoms with Crippen LogP contribution in [0.1, 0.15) is 19.8 Å². The smallest absolute Gasteiger partial charge is 0.329 e. The van der Waals surface area contributed by atoms with E-state index in [1.807, 2.05) is 0 Å². The monoisotopic (exact) mass is 287 g/mol. The van der Waals surface area contributed by atoms with Crippen LogP contribution in [-0.4, -0.2) is 66.8 Å². The molecule has 1 rings (SSSR count). The molecular weight excluding hydrogens is 266 g/mol. The number of carbonyl (C=O) groups excluding carboxylic acids is 2. The highest BCUT2D eigenvalue weighted by Gasteiger charge is 2.25. The number of piperidine rings is 1. The van der Waals surface area contributed by atoms with E-state index in [2.05, 4.69) is 10.6 Å². The third-order valence-electron chi connectivity index (χ3n) is 3.15. The third-order valence-corrected chi connectivity index (χ3v) is 3.15. The lowest BCUT2D eigenvalue weighted by Gasteiger charge is -2.32. The number of aliphatic carboxylic acids is 1. The van der Waals surface area contributed by atoms with Gasteiger partial charge < -0.3 is 25.4 Å². The Labute approximate surface area is 117 Å². The Balaban J connectivity index is 2.32. The number of ether oxygens (including phenoxy) is 1. The number of likely N-dealkylation sites (N-methyl/N-ethyl adjacent to an activating group) is 1. The van der Waals surface area contributed by atoms with Crippen molar-refractivity contribution in [2.45, 2.75) is 31.9 Å². The first-order chi connectivity index (χ1) is 9.43. The number of carboxylic acid groups (broad SMARTS) is 1. The predicted octanol–water partition coefficient (Wildman–Crippen LogP) is -0.604. The first-order valence-corrected chi connectivity index (χ1v) is 6.54. The minimum absolute atomic E-state index is 0.133. The molecule has 8 nitrogen and oxygen atoms in total. The van der Waals surface area contributed by atoms with Gasteiger partial charge in [-0.25, -0.2) is 9.59 Å². The summed E-state index contributed by atoms with van der Waals surface area (Å²) in [6.07, 6.45) is 1.05. The van der Waals surface area contributed by atoms with Gasteiger partial charge in [-0.1, -0.05) is 0 Å². The van der Waals surface area contributed by atoms with E-state index in [0.29, 0.717) is 25.9 Å². The predicted molar refractivity (Wildman–Crippen MR) is 70.2 cm³/mol. The molecule has 1 heterocycles. The number of hydrogen-bond donors (Lipinski definition) is 3. The normalized spacial score (nSPS) is 17.4. The van der Waals surface area contributed by atoms with E-state index < -0.39 is 12.0 Å². The molecule has 114 valence electrons. The number of nitrogens with one attached hydrogen (secondary N) is 2. The summed E-state index contributed by atoms with van der Waals surface area (Å²) in [5.74, 6) is -1.25. The minimum Gasteiger partial charge on any atom is -0.480 e. The number of amides is 3. The van der Waals surface area contributed by atoms with Crippen LogP contribution in [0.2, 0.25) is 0 Å². The molecule has 3 amide bonds. The van der Waals surface area contributed by atoms with Crippen LogP contribution in [0.3, 0.4) is 0 Å². The lowest BCUT2D eigenvalue weighted by atomic mass is 10.1. The Bertz CT molecular complexity index is 366. The zero-order chi connectivity index (χ0) is 15.1. The molecule has 1 unspecified atom stereocenters. The molecule has 1 atom stereocenters. The highest BCUT2D eigenvalue weighted by atomic mass is 16.5. The molecule has 0 aromatic heterocycles. The number of carboxylic acids is 1. The van der Waals surface area contributed by atoms with Crippen LogP contribution in [0.5, 0.6) is 0 Å². The van der Waals surface area contributed by atoms with Gasteiger partial charge in [0.1, 0.15) is 12.6 Å². The minimum atomic E-state index is -0.996. The summed E-state index contributed by atoms with van der Waals surface area (Å²) < 4.78 is 5.19. The quantitative estimate of drug-likeness (QED) is 0.625. The van der Waals surface area contributed by atoms with E-state index in [1.165, 1.54) is 7.05 Å². The first kappa shape index (κ1) is 16.2. The van der Waals surface area contributed by atoms with Gasteiger partial charge in [0.25, 0.3) is 0 Å². The van der Waals surface area contributed by atoms with E-state index in [0.717, 1.165) is 0 Å². The summed E-state index contributed by atoms with van der Waals surface area (Å²) in [5, 5.41) is 13.6. The Kier molecular flexibility index (Phi) is 6.23. The van der Waals surface area contributed by atoms with Crippen molar-refractivity contribution in [2.75, 3.05) is 26.7 Å². The summed E-state index contributed by atoms with van der Waals surface area (Å²) in [6.45, 7) is 2.26. The molecule has 0 spiro atoms. The number of urea groups is 1. The SMILES string of the molecule is CNC(=O)C(C)NC(=O)N1CCC(OCC(=O)O)CC1. The number of rotatable bonds is 5. The molecule has 8 heteroatoms. The zero-order valence-electron chi connectivity index (χ0n) is 11.7. The maximum atomic E-state index is 11.9. The number of likely N-dealkylation sites (tertiary alicyclic amines) is 1. The first-order valence-electron chi connectivity index (χ1n) is 6.54. The average molecular weight is 287 g/mol. The molecule has 0 radical (unpaired) electrons. The van der Waals surface area contributed by atoms with Crippen molar-refractivity contribution in [1.82, 2.24) is 15.5 Å². The van der Waals surface area contributed by atoms with Crippen molar-refractivity contribution >= 4 is 17.9 Å². The molecule has 1 aliphatic rings. The number of nitrogens with zero attached hydrogens (tertiary/aromatic N) is 1. The summed E-state index contributed by atoms with van der Waals surface area (Å²) >= 11 is 0. The van der Waals surface area contributed by atoms with Crippen LogP contribution in [0.15, 0.2) is 0 Å². The van der Waals surface area contributed by atoms with Crippen LogP contribution in [0, 0.1) is 0 Å². The third kappa shape index (κ3) is 5.04. The Morgan fingerprint density at radius 2 is 1.95 bits per heavy atom. The summed E-state index contributed by atoms with van der Waals surface area (Å²) in [7, 11) is 1.51. The lowest BCUT2D eigenvalue weighted by Crippen LogP contribution is -2.51. The molecule has 1 saturated heterocycles. The molecule has 3 N–H and O–H groups in total. The Morgan fingerprint density at radius 3 is 2.45 bits per heavy atom. The fourth-order valence-electron chi connectivity index (χ4n) is 1.97. The molecule has 0 aliphatic carbocycles. The van der Waals surface area contributed by atoms with Crippen LogP contribution in [0.4, 0.5) is 4.79 Å². The van der Waals surface area contributed by atoms with E-state index in [9.17, 15) is 14.4 Å². The van der Waals surface area contributed by atoms with Crippen molar-refractivity contribution < 1.29 is 24.2 Å². The topological polar surface area (TPSA) is 108 Å². The van der Waals surface area contributed by atoms with Gasteiger partial charge in [-0.05, 0) is 19.8 Å². The average Bonchev–Trinajstić information content (AvgIpc) is 2.44. The van der Waals surface area contributed by atoms with E-state index in [-0.39, 0.29) is 24.6 Å². The van der Waals surface area contributed by atoms with Crippen LogP contribution in [-0.2, 0) is 14.3 Å². The molecule has 0 aromatic carbocycles. The van der Waals surface area contributed by atoms with Gasteiger partial charge in [-0.15, -0.1) is 0 Å². The Hall–Kier alpha value is -1.83. The second-order valence-electron chi connectivity index (χ2n) is 4.68. The van der Waals surface area contributed by atoms with Crippen LogP contribution in [0.25, 0.3) is 0 Å². The zero-order valence-corrected chi connectivity index (χ0v) is 11.7. The van der Waals surface area contributed by atoms with Gasteiger partial charge in [0, 0.05) is 20.1 Å². The van der Waals surface area contributed by atoms with Gasteiger partial charge in [0.15, 0.2) is 0 Å². The van der Waals surface area contributed by atoms with Crippen molar-refractivity contribution in [3.8, 4) is 0 Å². The van der Waals surface area contributed by atoms with Gasteiger partial charge in [0.2, 0.25) is 5.91 Å². The van der Waals surface area contributed by atoms with Crippen LogP contribution < -0.4 is 10.6 Å². The molecule has 20 heavy (non-hydrogen) atoms. The Morgan fingerprint density at radius 1 is 1.35 bits per heavy atom.